The van der Waals surface area contributed by atoms with Crippen LogP contribution in [-0.2, 0) is 56.2 Å². The van der Waals surface area contributed by atoms with Crippen LogP contribution in [0, 0.1) is 71.9 Å². The van der Waals surface area contributed by atoms with E-state index < -0.39 is 80.1 Å². The van der Waals surface area contributed by atoms with Gasteiger partial charge in [-0.1, -0.05) is 59.6 Å². The molecule has 0 aromatic carbocycles. The molecule has 2 aliphatic rings. The molecule has 45 heavy (non-hydrogen) atoms. The zero-order valence-electron chi connectivity index (χ0n) is 23.6. The number of carbonyl (C=O) groups is 2. The van der Waals surface area contributed by atoms with Crippen LogP contribution in [0.4, 0.5) is 26.3 Å². The predicted molar refractivity (Wildman–Crippen MR) is 152 cm³/mol. The van der Waals surface area contributed by atoms with E-state index in [1.807, 2.05) is 0 Å². The number of hydrogen-bond donors (Lipinski definition) is 2. The molecule has 2 atom stereocenters. The average Bonchev–Trinajstić information content (AvgIpc) is 3.50. The van der Waals surface area contributed by atoms with Crippen LogP contribution in [0.25, 0.3) is 0 Å². The van der Waals surface area contributed by atoms with Crippen LogP contribution < -0.4 is 9.44 Å². The number of nitrogens with one attached hydrogen (secondary N) is 2. The summed E-state index contributed by atoms with van der Waals surface area (Å²) in [6.45, 7) is 5.02. The van der Waals surface area contributed by atoms with E-state index in [-0.39, 0.29) is 28.9 Å². The number of rotatable bonds is 12. The first-order chi connectivity index (χ1) is 19.9. The Hall–Kier alpha value is -0.181. The SMILES string of the molecule is CC(C)[C@@H](COC(=O)[C]1[CH][CH][CH][C]1Br)NS(=O)(=O)C(F)(F)F.CC(C)[C@@H](COC(=O)[C]1[CH][CH][CH][C]1Br)NS(=O)(=O)C(F)(F)F.[Fe+2]. The van der Waals surface area contributed by atoms with E-state index in [0.717, 1.165) is 0 Å². The number of esters is 2. The van der Waals surface area contributed by atoms with E-state index in [4.69, 9.17) is 9.47 Å². The Morgan fingerprint density at radius 1 is 0.689 bits per heavy atom. The largest absolute Gasteiger partial charge is 2.00 e. The minimum absolute atomic E-state index is 0. The first-order valence-electron chi connectivity index (χ1n) is 12.2. The van der Waals surface area contributed by atoms with E-state index in [1.54, 1.807) is 25.7 Å². The number of carbonyl (C=O) groups excluding carboxylic acids is 2. The second-order valence-electron chi connectivity index (χ2n) is 9.61. The van der Waals surface area contributed by atoms with Crippen molar-refractivity contribution in [2.24, 2.45) is 11.8 Å². The van der Waals surface area contributed by atoms with Crippen molar-refractivity contribution in [3.8, 4) is 0 Å². The van der Waals surface area contributed by atoms with Gasteiger partial charge in [0.05, 0.1) is 21.7 Å². The minimum Gasteiger partial charge on any atom is -0.463 e. The van der Waals surface area contributed by atoms with Gasteiger partial charge < -0.3 is 9.47 Å². The van der Waals surface area contributed by atoms with Crippen LogP contribution in [0.3, 0.4) is 0 Å². The molecular formula is C24H28Br2F6FeN2O8S2+2. The Balaban J connectivity index is 0.000000842. The molecule has 10 radical (unpaired) electrons. The Bertz CT molecular complexity index is 1090. The molecule has 2 fully saturated rings. The molecule has 2 aliphatic carbocycles. The van der Waals surface area contributed by atoms with Crippen molar-refractivity contribution in [3.63, 3.8) is 0 Å². The molecule has 0 spiro atoms. The second kappa shape index (κ2) is 18.5. The third kappa shape index (κ3) is 14.1. The summed E-state index contributed by atoms with van der Waals surface area (Å²) in [5, 5.41) is 0. The predicted octanol–water partition coefficient (Wildman–Crippen LogP) is 4.24. The Morgan fingerprint density at radius 2 is 0.978 bits per heavy atom. The molecule has 21 heteroatoms. The third-order valence-electron chi connectivity index (χ3n) is 5.59. The van der Waals surface area contributed by atoms with Gasteiger partial charge in [0.15, 0.2) is 0 Å². The summed E-state index contributed by atoms with van der Waals surface area (Å²) >= 11 is 6.23. The van der Waals surface area contributed by atoms with Crippen molar-refractivity contribution in [3.05, 3.63) is 60.0 Å². The van der Waals surface area contributed by atoms with Gasteiger partial charge in [0.2, 0.25) is 0 Å². The summed E-state index contributed by atoms with van der Waals surface area (Å²) in [4.78, 5) is 24.5. The van der Waals surface area contributed by atoms with Crippen LogP contribution in [0.1, 0.15) is 27.7 Å². The molecule has 2 saturated carbocycles. The van der Waals surface area contributed by atoms with E-state index in [2.05, 4.69) is 31.9 Å². The topological polar surface area (TPSA) is 145 Å². The summed E-state index contributed by atoms with van der Waals surface area (Å²) in [5.74, 6) is -2.11. The molecule has 2 N–H and O–H groups in total. The standard InChI is InChI=1S/2C12H14BrF3NO4S.Fe/c2*1-7(2)10(17-22(19,20)12(14,15)16)6-21-11(18)8-4-3-5-9(8)13;/h2*3-5,7,10,17H,6H2,1-2H3;/q;;+2/t2*10-;/m11./s1. The summed E-state index contributed by atoms with van der Waals surface area (Å²) < 4.78 is 131. The molecule has 0 saturated heterocycles. The van der Waals surface area contributed by atoms with Crippen molar-refractivity contribution >= 4 is 63.8 Å². The fourth-order valence-corrected chi connectivity index (χ4v) is 5.51. The fraction of sp³-hybridized carbons (Fsp3) is 0.500. The maximum Gasteiger partial charge on any atom is 2.00 e. The van der Waals surface area contributed by atoms with Crippen LogP contribution in [-0.4, -0.2) is 65.1 Å². The van der Waals surface area contributed by atoms with Gasteiger partial charge >= 0.3 is 60.1 Å². The molecule has 2 rings (SSSR count). The number of ether oxygens (including phenoxy) is 2. The second-order valence-corrected chi connectivity index (χ2v) is 14.7. The number of hydrogen-bond acceptors (Lipinski definition) is 8. The van der Waals surface area contributed by atoms with Crippen LogP contribution in [0.2, 0.25) is 0 Å². The minimum atomic E-state index is -5.50. The molecular weight excluding hydrogens is 838 g/mol. The molecule has 0 heterocycles. The normalized spacial score (nSPS) is 19.2. The maximum atomic E-state index is 12.4. The summed E-state index contributed by atoms with van der Waals surface area (Å²) in [6.07, 6.45) is 9.32. The van der Waals surface area contributed by atoms with Crippen LogP contribution in [0.15, 0.2) is 0 Å². The number of halogens is 8. The molecule has 0 aromatic rings. The van der Waals surface area contributed by atoms with Gasteiger partial charge in [-0.3, -0.25) is 9.59 Å². The molecule has 10 nitrogen and oxygen atoms in total. The summed E-state index contributed by atoms with van der Waals surface area (Å²) in [7, 11) is -11.0. The first kappa shape index (κ1) is 44.8. The molecule has 0 aliphatic heterocycles. The fourth-order valence-electron chi connectivity index (χ4n) is 2.87. The summed E-state index contributed by atoms with van der Waals surface area (Å²) in [5.41, 5.74) is -10.8. The van der Waals surface area contributed by atoms with E-state index >= 15 is 0 Å². The molecule has 0 amide bonds. The van der Waals surface area contributed by atoms with Gasteiger partial charge in [-0.05, 0) is 50.4 Å². The zero-order valence-corrected chi connectivity index (χ0v) is 29.6. The van der Waals surface area contributed by atoms with Gasteiger partial charge in [0.25, 0.3) is 0 Å². The molecule has 0 unspecified atom stereocenters. The maximum absolute atomic E-state index is 12.4. The van der Waals surface area contributed by atoms with Crippen LogP contribution >= 0.6 is 31.9 Å². The monoisotopic (exact) mass is 864 g/mol. The average molecular weight is 866 g/mol. The van der Waals surface area contributed by atoms with Gasteiger partial charge in [0.1, 0.15) is 25.0 Å². The van der Waals surface area contributed by atoms with E-state index in [1.165, 1.54) is 50.0 Å². The van der Waals surface area contributed by atoms with Gasteiger partial charge in [-0.2, -0.15) is 26.3 Å². The smallest absolute Gasteiger partial charge is 0.463 e. The van der Waals surface area contributed by atoms with Crippen molar-refractivity contribution in [2.75, 3.05) is 13.2 Å². The van der Waals surface area contributed by atoms with Gasteiger partial charge in [-0.25, -0.2) is 26.3 Å². The quantitative estimate of drug-likeness (QED) is 0.169. The number of sulfonamides is 2. The zero-order chi connectivity index (χ0) is 34.3. The van der Waals surface area contributed by atoms with E-state index in [9.17, 15) is 52.8 Å². The van der Waals surface area contributed by atoms with Crippen molar-refractivity contribution in [2.45, 2.75) is 50.8 Å². The van der Waals surface area contributed by atoms with Gasteiger partial charge in [0, 0.05) is 0 Å². The first-order valence-corrected chi connectivity index (χ1v) is 16.8. The van der Waals surface area contributed by atoms with Crippen molar-refractivity contribution < 1.29 is 79.3 Å². The Labute approximate surface area is 287 Å². The summed E-state index contributed by atoms with van der Waals surface area (Å²) in [6, 6.07) is -2.38. The molecule has 256 valence electrons. The van der Waals surface area contributed by atoms with Crippen LogP contribution in [0.5, 0.6) is 0 Å². The number of alkyl halides is 6. The Morgan fingerprint density at radius 3 is 1.18 bits per heavy atom. The van der Waals surface area contributed by atoms with Crippen molar-refractivity contribution in [1.29, 1.82) is 0 Å². The molecule has 0 aromatic heterocycles. The third-order valence-corrected chi connectivity index (χ3v) is 9.41. The molecule has 0 bridgehead atoms. The van der Waals surface area contributed by atoms with Crippen molar-refractivity contribution in [1.82, 2.24) is 9.44 Å². The van der Waals surface area contributed by atoms with E-state index in [0.29, 0.717) is 9.65 Å². The van der Waals surface area contributed by atoms with Gasteiger partial charge in [-0.15, -0.1) is 0 Å². The Kier molecular flexibility index (Phi) is 18.5.